The molecular weight excluding hydrogens is 278 g/mol. The normalized spacial score (nSPS) is 12.6. The van der Waals surface area contributed by atoms with E-state index in [1.54, 1.807) is 0 Å². The number of benzene rings is 2. The van der Waals surface area contributed by atoms with Crippen molar-refractivity contribution in [3.63, 3.8) is 0 Å². The molecule has 2 heteroatoms. The average Bonchev–Trinajstić information content (AvgIpc) is 2.47. The molecule has 2 rings (SSSR count). The number of nitrogens with one attached hydrogen (secondary N) is 1. The van der Waals surface area contributed by atoms with Gasteiger partial charge in [0.25, 0.3) is 0 Å². The van der Waals surface area contributed by atoms with Crippen molar-refractivity contribution in [3.8, 4) is 0 Å². The molecule has 21 heavy (non-hydrogen) atoms. The van der Waals surface area contributed by atoms with Gasteiger partial charge in [-0.3, -0.25) is 0 Å². The summed E-state index contributed by atoms with van der Waals surface area (Å²) in [5.41, 5.74) is 3.71. The lowest BCUT2D eigenvalue weighted by molar-refractivity contribution is 0.428. The lowest BCUT2D eigenvalue weighted by Gasteiger charge is -2.21. The van der Waals surface area contributed by atoms with Gasteiger partial charge >= 0.3 is 0 Å². The van der Waals surface area contributed by atoms with Crippen molar-refractivity contribution in [2.75, 3.05) is 0 Å². The van der Waals surface area contributed by atoms with Crippen LogP contribution in [-0.4, -0.2) is 0 Å². The van der Waals surface area contributed by atoms with Crippen molar-refractivity contribution in [1.82, 2.24) is 5.32 Å². The van der Waals surface area contributed by atoms with E-state index in [4.69, 9.17) is 11.6 Å². The van der Waals surface area contributed by atoms with Gasteiger partial charge in [-0.1, -0.05) is 67.9 Å². The fourth-order valence-electron chi connectivity index (χ4n) is 2.48. The lowest BCUT2D eigenvalue weighted by atomic mass is 9.97. The van der Waals surface area contributed by atoms with Gasteiger partial charge < -0.3 is 5.32 Å². The molecular formula is C19H24ClN. The molecule has 0 aromatic heterocycles. The van der Waals surface area contributed by atoms with E-state index in [0.29, 0.717) is 12.0 Å². The van der Waals surface area contributed by atoms with Crippen molar-refractivity contribution in [2.45, 2.75) is 39.8 Å². The highest BCUT2D eigenvalue weighted by Crippen LogP contribution is 2.22. The predicted octanol–water partition coefficient (Wildman–Crippen LogP) is 5.53. The molecule has 0 aliphatic heterocycles. The molecule has 2 aromatic rings. The third-order valence-electron chi connectivity index (χ3n) is 3.70. The molecule has 112 valence electrons. The Morgan fingerprint density at radius 1 is 1.05 bits per heavy atom. The quantitative estimate of drug-likeness (QED) is 0.740. The Morgan fingerprint density at radius 2 is 1.76 bits per heavy atom. The van der Waals surface area contributed by atoms with Crippen molar-refractivity contribution >= 4 is 11.6 Å². The van der Waals surface area contributed by atoms with Crippen molar-refractivity contribution in [2.24, 2.45) is 5.92 Å². The standard InChI is InChI=1S/C19H24ClN/c1-14(2)11-19(17-7-5-4-6-8-17)21-13-16-10-9-15(3)18(20)12-16/h4-10,12,14,19,21H,11,13H2,1-3H3. The van der Waals surface area contributed by atoms with Crippen LogP contribution in [0.25, 0.3) is 0 Å². The molecule has 1 atom stereocenters. The Labute approximate surface area is 133 Å². The molecule has 2 aromatic carbocycles. The van der Waals surface area contributed by atoms with Gasteiger partial charge in [0.1, 0.15) is 0 Å². The summed E-state index contributed by atoms with van der Waals surface area (Å²) in [5, 5.41) is 4.51. The van der Waals surface area contributed by atoms with Crippen LogP contribution in [0, 0.1) is 12.8 Å². The zero-order chi connectivity index (χ0) is 15.2. The van der Waals surface area contributed by atoms with Crippen molar-refractivity contribution in [3.05, 3.63) is 70.2 Å². The molecule has 1 N–H and O–H groups in total. The zero-order valence-electron chi connectivity index (χ0n) is 13.1. The summed E-state index contributed by atoms with van der Waals surface area (Å²) in [7, 11) is 0. The van der Waals surface area contributed by atoms with Crippen LogP contribution in [0.5, 0.6) is 0 Å². The van der Waals surface area contributed by atoms with Crippen molar-refractivity contribution < 1.29 is 0 Å². The first-order chi connectivity index (χ1) is 10.1. The summed E-state index contributed by atoms with van der Waals surface area (Å²) >= 11 is 6.20. The fourth-order valence-corrected chi connectivity index (χ4v) is 2.68. The van der Waals surface area contributed by atoms with Gasteiger partial charge in [0.2, 0.25) is 0 Å². The van der Waals surface area contributed by atoms with E-state index in [2.05, 4.69) is 67.7 Å². The van der Waals surface area contributed by atoms with Crippen LogP contribution in [-0.2, 0) is 6.54 Å². The van der Waals surface area contributed by atoms with E-state index in [9.17, 15) is 0 Å². The summed E-state index contributed by atoms with van der Waals surface area (Å²) in [6.45, 7) is 7.40. The SMILES string of the molecule is Cc1ccc(CNC(CC(C)C)c2ccccc2)cc1Cl. The maximum Gasteiger partial charge on any atom is 0.0438 e. The third kappa shape index (κ3) is 4.87. The first kappa shape index (κ1) is 16.1. The van der Waals surface area contributed by atoms with E-state index < -0.39 is 0 Å². The van der Waals surface area contributed by atoms with Gasteiger partial charge in [-0.25, -0.2) is 0 Å². The minimum Gasteiger partial charge on any atom is -0.306 e. The third-order valence-corrected chi connectivity index (χ3v) is 4.11. The predicted molar refractivity (Wildman–Crippen MR) is 91.7 cm³/mol. The summed E-state index contributed by atoms with van der Waals surface area (Å²) in [5.74, 6) is 0.657. The molecule has 0 heterocycles. The molecule has 0 radical (unpaired) electrons. The second-order valence-electron chi connectivity index (χ2n) is 6.06. The van der Waals surface area contributed by atoms with Crippen LogP contribution in [0.15, 0.2) is 48.5 Å². The highest BCUT2D eigenvalue weighted by Gasteiger charge is 2.12. The van der Waals surface area contributed by atoms with Crippen LogP contribution in [0.4, 0.5) is 0 Å². The molecule has 0 amide bonds. The van der Waals surface area contributed by atoms with Crippen LogP contribution in [0.2, 0.25) is 5.02 Å². The Kier molecular flexibility index (Phi) is 5.84. The summed E-state index contributed by atoms with van der Waals surface area (Å²) in [6, 6.07) is 17.3. The maximum absolute atomic E-state index is 6.20. The van der Waals surface area contributed by atoms with Crippen molar-refractivity contribution in [1.29, 1.82) is 0 Å². The maximum atomic E-state index is 6.20. The highest BCUT2D eigenvalue weighted by atomic mass is 35.5. The molecule has 0 fully saturated rings. The summed E-state index contributed by atoms with van der Waals surface area (Å²) in [4.78, 5) is 0. The lowest BCUT2D eigenvalue weighted by Crippen LogP contribution is -2.22. The first-order valence-electron chi connectivity index (χ1n) is 7.59. The van der Waals surface area contributed by atoms with Crippen LogP contribution >= 0.6 is 11.6 Å². The van der Waals surface area contributed by atoms with E-state index in [0.717, 1.165) is 23.6 Å². The van der Waals surface area contributed by atoms with E-state index >= 15 is 0 Å². The molecule has 1 nitrogen and oxygen atoms in total. The van der Waals surface area contributed by atoms with Gasteiger partial charge in [0.05, 0.1) is 0 Å². The molecule has 0 saturated heterocycles. The number of halogens is 1. The second-order valence-corrected chi connectivity index (χ2v) is 6.46. The number of aryl methyl sites for hydroxylation is 1. The first-order valence-corrected chi connectivity index (χ1v) is 7.97. The van der Waals surface area contributed by atoms with E-state index in [1.165, 1.54) is 11.1 Å². The Hall–Kier alpha value is -1.31. The number of hydrogen-bond acceptors (Lipinski definition) is 1. The van der Waals surface area contributed by atoms with Crippen LogP contribution in [0.3, 0.4) is 0 Å². The van der Waals surface area contributed by atoms with E-state index in [1.807, 2.05) is 6.92 Å². The summed E-state index contributed by atoms with van der Waals surface area (Å²) in [6.07, 6.45) is 1.13. The molecule has 0 spiro atoms. The molecule has 0 bridgehead atoms. The molecule has 0 aliphatic carbocycles. The van der Waals surface area contributed by atoms with Gasteiger partial charge in [-0.2, -0.15) is 0 Å². The molecule has 0 saturated carbocycles. The molecule has 0 aliphatic rings. The van der Waals surface area contributed by atoms with Crippen LogP contribution < -0.4 is 5.32 Å². The summed E-state index contributed by atoms with van der Waals surface area (Å²) < 4.78 is 0. The number of rotatable bonds is 6. The Morgan fingerprint density at radius 3 is 2.38 bits per heavy atom. The number of hydrogen-bond donors (Lipinski definition) is 1. The smallest absolute Gasteiger partial charge is 0.0438 e. The monoisotopic (exact) mass is 301 g/mol. The fraction of sp³-hybridized carbons (Fsp3) is 0.368. The Bertz CT molecular complexity index is 563. The minimum absolute atomic E-state index is 0.381. The second kappa shape index (κ2) is 7.63. The topological polar surface area (TPSA) is 12.0 Å². The Balaban J connectivity index is 2.07. The van der Waals surface area contributed by atoms with Gasteiger partial charge in [0.15, 0.2) is 0 Å². The van der Waals surface area contributed by atoms with Gasteiger partial charge in [0, 0.05) is 17.6 Å². The van der Waals surface area contributed by atoms with E-state index in [-0.39, 0.29) is 0 Å². The van der Waals surface area contributed by atoms with Crippen LogP contribution in [0.1, 0.15) is 43.0 Å². The van der Waals surface area contributed by atoms with Gasteiger partial charge in [-0.05, 0) is 42.0 Å². The highest BCUT2D eigenvalue weighted by molar-refractivity contribution is 6.31. The zero-order valence-corrected chi connectivity index (χ0v) is 13.8. The average molecular weight is 302 g/mol. The largest absolute Gasteiger partial charge is 0.306 e. The molecule has 1 unspecified atom stereocenters. The minimum atomic E-state index is 0.381. The van der Waals surface area contributed by atoms with Gasteiger partial charge in [-0.15, -0.1) is 0 Å².